The normalized spacial score (nSPS) is 13.8. The van der Waals surface area contributed by atoms with Crippen LogP contribution in [0.2, 0.25) is 0 Å². The van der Waals surface area contributed by atoms with Crippen molar-refractivity contribution in [2.45, 2.75) is 26.4 Å². The van der Waals surface area contributed by atoms with Crippen LogP contribution in [0.15, 0.2) is 0 Å². The van der Waals surface area contributed by atoms with Gasteiger partial charge in [0.05, 0.1) is 6.10 Å². The van der Waals surface area contributed by atoms with Gasteiger partial charge in [0, 0.05) is 19.7 Å². The van der Waals surface area contributed by atoms with Crippen LogP contribution in [0.3, 0.4) is 0 Å². The molecule has 0 fully saturated rings. The van der Waals surface area contributed by atoms with E-state index in [2.05, 4.69) is 18.9 Å². The van der Waals surface area contributed by atoms with Gasteiger partial charge < -0.3 is 15.4 Å². The van der Waals surface area contributed by atoms with E-state index in [-0.39, 0.29) is 6.10 Å². The molecule has 0 amide bonds. The molecular weight excluding hydrogens is 152 g/mol. The van der Waals surface area contributed by atoms with Crippen LogP contribution in [0.5, 0.6) is 0 Å². The summed E-state index contributed by atoms with van der Waals surface area (Å²) in [4.78, 5) is 2.27. The molecule has 12 heavy (non-hydrogen) atoms. The smallest absolute Gasteiger partial charge is 0.0709 e. The van der Waals surface area contributed by atoms with Crippen molar-refractivity contribution in [2.75, 3.05) is 33.3 Å². The first-order valence-electron chi connectivity index (χ1n) is 4.74. The van der Waals surface area contributed by atoms with Gasteiger partial charge in [-0.15, -0.1) is 0 Å². The van der Waals surface area contributed by atoms with E-state index in [1.54, 1.807) is 0 Å². The van der Waals surface area contributed by atoms with Crippen LogP contribution in [0.25, 0.3) is 0 Å². The molecule has 0 aromatic rings. The average Bonchev–Trinajstić information content (AvgIpc) is 2.11. The standard InChI is InChI=1S/C9H22N2O/c1-4-11(3)7-6-9(8-10)12-5-2/h9H,4-8,10H2,1-3H3. The molecular formula is C9H22N2O. The van der Waals surface area contributed by atoms with Gasteiger partial charge in [0.15, 0.2) is 0 Å². The van der Waals surface area contributed by atoms with E-state index >= 15 is 0 Å². The average molecular weight is 174 g/mol. The van der Waals surface area contributed by atoms with Crippen LogP contribution in [0, 0.1) is 0 Å². The van der Waals surface area contributed by atoms with E-state index in [0.29, 0.717) is 6.54 Å². The van der Waals surface area contributed by atoms with Crippen molar-refractivity contribution >= 4 is 0 Å². The molecule has 0 radical (unpaired) electrons. The summed E-state index contributed by atoms with van der Waals surface area (Å²) in [5.74, 6) is 0. The van der Waals surface area contributed by atoms with Gasteiger partial charge >= 0.3 is 0 Å². The number of hydrogen-bond donors (Lipinski definition) is 1. The van der Waals surface area contributed by atoms with Gasteiger partial charge in [0.25, 0.3) is 0 Å². The van der Waals surface area contributed by atoms with Gasteiger partial charge in [-0.1, -0.05) is 6.92 Å². The van der Waals surface area contributed by atoms with Crippen LogP contribution < -0.4 is 5.73 Å². The summed E-state index contributed by atoms with van der Waals surface area (Å²) in [5, 5.41) is 0. The molecule has 0 saturated heterocycles. The fraction of sp³-hybridized carbons (Fsp3) is 1.00. The predicted octanol–water partition coefficient (Wildman–Crippen LogP) is 0.692. The van der Waals surface area contributed by atoms with Crippen molar-refractivity contribution in [1.29, 1.82) is 0 Å². The van der Waals surface area contributed by atoms with E-state index in [4.69, 9.17) is 10.5 Å². The van der Waals surface area contributed by atoms with Gasteiger partial charge in [-0.05, 0) is 26.9 Å². The van der Waals surface area contributed by atoms with Crippen molar-refractivity contribution in [3.05, 3.63) is 0 Å². The second-order valence-electron chi connectivity index (χ2n) is 3.00. The highest BCUT2D eigenvalue weighted by atomic mass is 16.5. The molecule has 2 N–H and O–H groups in total. The van der Waals surface area contributed by atoms with Gasteiger partial charge in [-0.3, -0.25) is 0 Å². The molecule has 1 unspecified atom stereocenters. The first-order chi connectivity index (χ1) is 5.74. The Balaban J connectivity index is 3.43. The van der Waals surface area contributed by atoms with Gasteiger partial charge in [-0.25, -0.2) is 0 Å². The third kappa shape index (κ3) is 5.52. The maximum absolute atomic E-state index is 5.54. The lowest BCUT2D eigenvalue weighted by Crippen LogP contribution is -2.29. The minimum absolute atomic E-state index is 0.240. The molecule has 0 aliphatic rings. The summed E-state index contributed by atoms with van der Waals surface area (Å²) in [6, 6.07) is 0. The minimum atomic E-state index is 0.240. The number of rotatable bonds is 7. The zero-order valence-electron chi connectivity index (χ0n) is 8.55. The molecule has 3 nitrogen and oxygen atoms in total. The molecule has 0 aliphatic heterocycles. The summed E-state index contributed by atoms with van der Waals surface area (Å²) >= 11 is 0. The van der Waals surface area contributed by atoms with Crippen molar-refractivity contribution in [3.8, 4) is 0 Å². The fourth-order valence-corrected chi connectivity index (χ4v) is 1.03. The summed E-state index contributed by atoms with van der Waals surface area (Å²) < 4.78 is 5.43. The monoisotopic (exact) mass is 174 g/mol. The Bertz CT molecular complexity index is 98.5. The van der Waals surface area contributed by atoms with Crippen LogP contribution in [0.4, 0.5) is 0 Å². The highest BCUT2D eigenvalue weighted by Crippen LogP contribution is 1.97. The Kier molecular flexibility index (Phi) is 7.45. The number of ether oxygens (including phenoxy) is 1. The quantitative estimate of drug-likeness (QED) is 0.617. The van der Waals surface area contributed by atoms with Crippen molar-refractivity contribution in [1.82, 2.24) is 4.90 Å². The van der Waals surface area contributed by atoms with Crippen LogP contribution in [-0.4, -0.2) is 44.3 Å². The first kappa shape index (κ1) is 11.9. The Morgan fingerprint density at radius 2 is 2.08 bits per heavy atom. The molecule has 1 atom stereocenters. The highest BCUT2D eigenvalue weighted by molar-refractivity contribution is 4.60. The molecule has 0 heterocycles. The van der Waals surface area contributed by atoms with Crippen molar-refractivity contribution < 1.29 is 4.74 Å². The Morgan fingerprint density at radius 1 is 1.42 bits per heavy atom. The molecule has 0 aromatic heterocycles. The first-order valence-corrected chi connectivity index (χ1v) is 4.74. The molecule has 3 heteroatoms. The lowest BCUT2D eigenvalue weighted by Gasteiger charge is -2.19. The summed E-state index contributed by atoms with van der Waals surface area (Å²) in [5.41, 5.74) is 5.54. The summed E-state index contributed by atoms with van der Waals surface area (Å²) in [6.45, 7) is 7.70. The van der Waals surface area contributed by atoms with Gasteiger partial charge in [0.2, 0.25) is 0 Å². The van der Waals surface area contributed by atoms with Crippen LogP contribution in [-0.2, 0) is 4.74 Å². The lowest BCUT2D eigenvalue weighted by molar-refractivity contribution is 0.0567. The molecule has 0 aromatic carbocycles. The van der Waals surface area contributed by atoms with Gasteiger partial charge in [-0.2, -0.15) is 0 Å². The topological polar surface area (TPSA) is 38.5 Å². The maximum Gasteiger partial charge on any atom is 0.0709 e. The number of nitrogens with two attached hydrogens (primary N) is 1. The van der Waals surface area contributed by atoms with Crippen LogP contribution in [0.1, 0.15) is 20.3 Å². The maximum atomic E-state index is 5.54. The predicted molar refractivity (Wildman–Crippen MR) is 52.3 cm³/mol. The molecule has 0 saturated carbocycles. The summed E-state index contributed by atoms with van der Waals surface area (Å²) in [7, 11) is 2.11. The fourth-order valence-electron chi connectivity index (χ4n) is 1.03. The number of nitrogens with zero attached hydrogens (tertiary/aromatic N) is 1. The minimum Gasteiger partial charge on any atom is -0.377 e. The third-order valence-corrected chi connectivity index (χ3v) is 2.04. The Hall–Kier alpha value is -0.120. The van der Waals surface area contributed by atoms with E-state index < -0.39 is 0 Å². The van der Waals surface area contributed by atoms with E-state index in [9.17, 15) is 0 Å². The van der Waals surface area contributed by atoms with Crippen molar-refractivity contribution in [2.24, 2.45) is 5.73 Å². The summed E-state index contributed by atoms with van der Waals surface area (Å²) in [6.07, 6.45) is 1.28. The molecule has 0 spiro atoms. The third-order valence-electron chi connectivity index (χ3n) is 2.04. The largest absolute Gasteiger partial charge is 0.377 e. The van der Waals surface area contributed by atoms with E-state index in [1.165, 1.54) is 0 Å². The molecule has 0 bridgehead atoms. The zero-order chi connectivity index (χ0) is 9.40. The Morgan fingerprint density at radius 3 is 2.50 bits per heavy atom. The van der Waals surface area contributed by atoms with Crippen molar-refractivity contribution in [3.63, 3.8) is 0 Å². The molecule has 0 aliphatic carbocycles. The Labute approximate surface area is 75.9 Å². The second-order valence-corrected chi connectivity index (χ2v) is 3.00. The molecule has 74 valence electrons. The highest BCUT2D eigenvalue weighted by Gasteiger charge is 2.06. The lowest BCUT2D eigenvalue weighted by atomic mass is 10.2. The SMILES string of the molecule is CCOC(CN)CCN(C)CC. The van der Waals surface area contributed by atoms with E-state index in [0.717, 1.165) is 26.1 Å². The van der Waals surface area contributed by atoms with Crippen LogP contribution >= 0.6 is 0 Å². The molecule has 0 rings (SSSR count). The second kappa shape index (κ2) is 7.53. The van der Waals surface area contributed by atoms with Gasteiger partial charge in [0.1, 0.15) is 0 Å². The number of hydrogen-bond acceptors (Lipinski definition) is 3. The van der Waals surface area contributed by atoms with E-state index in [1.807, 2.05) is 6.92 Å². The zero-order valence-corrected chi connectivity index (χ0v) is 8.55.